The minimum atomic E-state index is 0.444. The molecule has 1 heteroatoms. The average molecular weight is 225 g/mol. The molecule has 0 spiro atoms. The van der Waals surface area contributed by atoms with E-state index in [2.05, 4.69) is 53.6 Å². The van der Waals surface area contributed by atoms with Gasteiger partial charge >= 0.3 is 0 Å². The van der Waals surface area contributed by atoms with Gasteiger partial charge in [0.2, 0.25) is 0 Å². The van der Waals surface area contributed by atoms with Crippen molar-refractivity contribution in [3.8, 4) is 0 Å². The van der Waals surface area contributed by atoms with E-state index < -0.39 is 0 Å². The molecule has 16 heavy (non-hydrogen) atoms. The molecule has 0 heterocycles. The molecule has 0 aromatic carbocycles. The van der Waals surface area contributed by atoms with Crippen LogP contribution in [-0.4, -0.2) is 13.1 Å². The molecule has 0 bridgehead atoms. The van der Waals surface area contributed by atoms with Gasteiger partial charge in [-0.05, 0) is 44.1 Å². The summed E-state index contributed by atoms with van der Waals surface area (Å²) in [7, 11) is 2.07. The Balaban J connectivity index is 4.06. The van der Waals surface area contributed by atoms with E-state index in [-0.39, 0.29) is 0 Å². The van der Waals surface area contributed by atoms with Crippen LogP contribution in [0.5, 0.6) is 0 Å². The van der Waals surface area contributed by atoms with Crippen molar-refractivity contribution >= 4 is 0 Å². The van der Waals surface area contributed by atoms with Gasteiger partial charge in [0.15, 0.2) is 0 Å². The Hall–Kier alpha value is -0.300. The Labute approximate surface area is 103 Å². The molecule has 0 aliphatic rings. The highest BCUT2D eigenvalue weighted by Crippen LogP contribution is 2.27. The topological polar surface area (TPSA) is 12.0 Å². The van der Waals surface area contributed by atoms with Crippen LogP contribution in [0.15, 0.2) is 12.2 Å². The minimum absolute atomic E-state index is 0.444. The summed E-state index contributed by atoms with van der Waals surface area (Å²) in [5, 5.41) is 3.42. The Bertz CT molecular complexity index is 200. The smallest absolute Gasteiger partial charge is 0.0104 e. The number of hydrogen-bond donors (Lipinski definition) is 1. The first-order valence-electron chi connectivity index (χ1n) is 6.62. The second kappa shape index (κ2) is 7.11. The Morgan fingerprint density at radius 2 is 1.88 bits per heavy atom. The largest absolute Gasteiger partial charge is 0.317 e. The van der Waals surface area contributed by atoms with Gasteiger partial charge in [0, 0.05) is 6.04 Å². The minimum Gasteiger partial charge on any atom is -0.317 e. The summed E-state index contributed by atoms with van der Waals surface area (Å²) in [5.74, 6) is 0.780. The molecule has 1 nitrogen and oxygen atoms in total. The van der Waals surface area contributed by atoms with Gasteiger partial charge in [0.05, 0.1) is 0 Å². The third kappa shape index (κ3) is 7.92. The number of hydrogen-bond acceptors (Lipinski definition) is 1. The van der Waals surface area contributed by atoms with Crippen LogP contribution in [0.2, 0.25) is 0 Å². The molecule has 1 N–H and O–H groups in total. The SMILES string of the molecule is C=C(CC)CC(CC(C)CC(C)(C)C)NC. The molecule has 0 saturated heterocycles. The van der Waals surface area contributed by atoms with Gasteiger partial charge in [-0.15, -0.1) is 0 Å². The summed E-state index contributed by atoms with van der Waals surface area (Å²) in [6, 6.07) is 0.602. The van der Waals surface area contributed by atoms with E-state index in [0.717, 1.165) is 18.8 Å². The fourth-order valence-corrected chi connectivity index (χ4v) is 2.41. The van der Waals surface area contributed by atoms with Gasteiger partial charge in [0.1, 0.15) is 0 Å². The third-order valence-electron chi connectivity index (χ3n) is 3.09. The van der Waals surface area contributed by atoms with E-state index >= 15 is 0 Å². The first-order valence-corrected chi connectivity index (χ1v) is 6.62. The van der Waals surface area contributed by atoms with Crippen LogP contribution in [0, 0.1) is 11.3 Å². The highest BCUT2D eigenvalue weighted by molar-refractivity contribution is 4.96. The van der Waals surface area contributed by atoms with Crippen molar-refractivity contribution in [2.75, 3.05) is 7.05 Å². The van der Waals surface area contributed by atoms with Gasteiger partial charge < -0.3 is 5.32 Å². The van der Waals surface area contributed by atoms with Crippen molar-refractivity contribution in [1.29, 1.82) is 0 Å². The third-order valence-corrected chi connectivity index (χ3v) is 3.09. The van der Waals surface area contributed by atoms with Crippen molar-refractivity contribution in [2.45, 2.75) is 66.3 Å². The van der Waals surface area contributed by atoms with Gasteiger partial charge in [-0.2, -0.15) is 0 Å². The molecule has 96 valence electrons. The van der Waals surface area contributed by atoms with Crippen LogP contribution in [0.1, 0.15) is 60.3 Å². The summed E-state index contributed by atoms with van der Waals surface area (Å²) in [5.41, 5.74) is 1.81. The normalized spacial score (nSPS) is 15.9. The van der Waals surface area contributed by atoms with Crippen molar-refractivity contribution < 1.29 is 0 Å². The predicted octanol–water partition coefficient (Wildman–Crippen LogP) is 4.39. The lowest BCUT2D eigenvalue weighted by Crippen LogP contribution is -2.28. The first kappa shape index (κ1) is 15.7. The summed E-state index contributed by atoms with van der Waals surface area (Å²) in [4.78, 5) is 0. The zero-order chi connectivity index (χ0) is 12.8. The molecule has 0 fully saturated rings. The van der Waals surface area contributed by atoms with Crippen LogP contribution in [0.4, 0.5) is 0 Å². The average Bonchev–Trinajstić information content (AvgIpc) is 2.13. The van der Waals surface area contributed by atoms with E-state index in [1.54, 1.807) is 0 Å². The Morgan fingerprint density at radius 3 is 2.25 bits per heavy atom. The lowest BCUT2D eigenvalue weighted by Gasteiger charge is -2.27. The maximum Gasteiger partial charge on any atom is 0.0104 e. The standard InChI is InChI=1S/C15H31N/c1-8-12(2)9-14(16-7)10-13(3)11-15(4,5)6/h13-14,16H,2,8-11H2,1,3-7H3. The van der Waals surface area contributed by atoms with Crippen LogP contribution in [0.25, 0.3) is 0 Å². The summed E-state index contributed by atoms with van der Waals surface area (Å²) >= 11 is 0. The number of rotatable bonds is 7. The maximum atomic E-state index is 4.10. The molecular weight excluding hydrogens is 194 g/mol. The van der Waals surface area contributed by atoms with Crippen LogP contribution < -0.4 is 5.32 Å². The lowest BCUT2D eigenvalue weighted by atomic mass is 9.82. The highest BCUT2D eigenvalue weighted by Gasteiger charge is 2.18. The maximum absolute atomic E-state index is 4.10. The molecule has 0 aliphatic carbocycles. The Morgan fingerprint density at radius 1 is 1.31 bits per heavy atom. The van der Waals surface area contributed by atoms with Gasteiger partial charge in [-0.1, -0.05) is 46.8 Å². The molecule has 0 saturated carbocycles. The molecule has 0 radical (unpaired) electrons. The zero-order valence-corrected chi connectivity index (χ0v) is 12.2. The lowest BCUT2D eigenvalue weighted by molar-refractivity contribution is 0.277. The summed E-state index contributed by atoms with van der Waals surface area (Å²) < 4.78 is 0. The molecule has 2 atom stereocenters. The summed E-state index contributed by atoms with van der Waals surface area (Å²) in [6.07, 6.45) is 4.78. The molecule has 0 aromatic heterocycles. The highest BCUT2D eigenvalue weighted by atomic mass is 14.9. The molecule has 0 rings (SSSR count). The van der Waals surface area contributed by atoms with Crippen molar-refractivity contribution in [1.82, 2.24) is 5.32 Å². The molecule has 0 aromatic rings. The van der Waals surface area contributed by atoms with Gasteiger partial charge in [0.25, 0.3) is 0 Å². The van der Waals surface area contributed by atoms with E-state index in [9.17, 15) is 0 Å². The molecule has 0 amide bonds. The molecule has 2 unspecified atom stereocenters. The van der Waals surface area contributed by atoms with Crippen LogP contribution in [0.3, 0.4) is 0 Å². The zero-order valence-electron chi connectivity index (χ0n) is 12.2. The van der Waals surface area contributed by atoms with Crippen LogP contribution >= 0.6 is 0 Å². The molecular formula is C15H31N. The van der Waals surface area contributed by atoms with E-state index in [0.29, 0.717) is 11.5 Å². The fraction of sp³-hybridized carbons (Fsp3) is 0.867. The number of nitrogens with one attached hydrogen (secondary N) is 1. The van der Waals surface area contributed by atoms with Gasteiger partial charge in [-0.3, -0.25) is 0 Å². The Kier molecular flexibility index (Phi) is 6.98. The predicted molar refractivity (Wildman–Crippen MR) is 74.7 cm³/mol. The van der Waals surface area contributed by atoms with E-state index in [1.807, 2.05) is 0 Å². The second-order valence-corrected chi connectivity index (χ2v) is 6.40. The van der Waals surface area contributed by atoms with E-state index in [4.69, 9.17) is 0 Å². The monoisotopic (exact) mass is 225 g/mol. The first-order chi connectivity index (χ1) is 7.28. The quantitative estimate of drug-likeness (QED) is 0.634. The van der Waals surface area contributed by atoms with Gasteiger partial charge in [-0.25, -0.2) is 0 Å². The van der Waals surface area contributed by atoms with Crippen molar-refractivity contribution in [2.24, 2.45) is 11.3 Å². The van der Waals surface area contributed by atoms with E-state index in [1.165, 1.54) is 18.4 Å². The van der Waals surface area contributed by atoms with Crippen molar-refractivity contribution in [3.05, 3.63) is 12.2 Å². The van der Waals surface area contributed by atoms with Crippen LogP contribution in [-0.2, 0) is 0 Å². The fourth-order valence-electron chi connectivity index (χ4n) is 2.41. The summed E-state index contributed by atoms with van der Waals surface area (Å²) in [6.45, 7) is 15.6. The molecule has 0 aliphatic heterocycles. The second-order valence-electron chi connectivity index (χ2n) is 6.40. The van der Waals surface area contributed by atoms with Crippen molar-refractivity contribution in [3.63, 3.8) is 0 Å².